The number of rotatable bonds is 1. The summed E-state index contributed by atoms with van der Waals surface area (Å²) in [5.74, 6) is 0. The third-order valence-corrected chi connectivity index (χ3v) is 5.97. The van der Waals surface area contributed by atoms with Crippen molar-refractivity contribution in [2.24, 2.45) is 0 Å². The fourth-order valence-electron chi connectivity index (χ4n) is 3.17. The van der Waals surface area contributed by atoms with Crippen molar-refractivity contribution >= 4 is 31.9 Å². The van der Waals surface area contributed by atoms with E-state index in [2.05, 4.69) is 105 Å². The summed E-state index contributed by atoms with van der Waals surface area (Å²) < 4.78 is 0.836. The van der Waals surface area contributed by atoms with Crippen molar-refractivity contribution in [1.82, 2.24) is 0 Å². The number of hydrogen-bond acceptors (Lipinski definition) is 0. The van der Waals surface area contributed by atoms with Gasteiger partial charge in [0.05, 0.1) is 0 Å². The average molecular weight is 400 g/mol. The Labute approximate surface area is 141 Å². The summed E-state index contributed by atoms with van der Waals surface area (Å²) in [6.07, 6.45) is 0. The van der Waals surface area contributed by atoms with Gasteiger partial charge in [0.1, 0.15) is 4.32 Å². The zero-order valence-corrected chi connectivity index (χ0v) is 14.4. The molecule has 0 atom stereocenters. The molecule has 4 rings (SSSR count). The highest BCUT2D eigenvalue weighted by atomic mass is 79.9. The molecule has 0 nitrogen and oxygen atoms in total. The van der Waals surface area contributed by atoms with E-state index in [-0.39, 0.29) is 4.32 Å². The first-order valence-corrected chi connectivity index (χ1v) is 8.44. The molecule has 102 valence electrons. The van der Waals surface area contributed by atoms with E-state index in [9.17, 15) is 0 Å². The van der Waals surface area contributed by atoms with Gasteiger partial charge >= 0.3 is 0 Å². The van der Waals surface area contributed by atoms with Gasteiger partial charge in [-0.1, -0.05) is 92.5 Å². The van der Waals surface area contributed by atoms with Crippen LogP contribution in [0.25, 0.3) is 11.1 Å². The molecule has 0 amide bonds. The lowest BCUT2D eigenvalue weighted by Crippen LogP contribution is -2.18. The van der Waals surface area contributed by atoms with Crippen LogP contribution in [0, 0.1) is 0 Å². The summed E-state index contributed by atoms with van der Waals surface area (Å²) in [5.41, 5.74) is 6.51. The first kappa shape index (κ1) is 13.3. The molecule has 2 heteroatoms. The fraction of sp³-hybridized carbons (Fsp3) is 0.0526. The van der Waals surface area contributed by atoms with Gasteiger partial charge in [-0.25, -0.2) is 0 Å². The van der Waals surface area contributed by atoms with E-state index in [1.165, 1.54) is 27.8 Å². The molecule has 0 saturated heterocycles. The molecule has 0 radical (unpaired) electrons. The van der Waals surface area contributed by atoms with E-state index in [0.717, 1.165) is 4.47 Å². The van der Waals surface area contributed by atoms with Gasteiger partial charge in [-0.15, -0.1) is 0 Å². The predicted octanol–water partition coefficient (Wildman–Crippen LogP) is 6.12. The normalized spacial score (nSPS) is 14.6. The zero-order valence-electron chi connectivity index (χ0n) is 11.2. The minimum Gasteiger partial charge on any atom is -0.0695 e. The van der Waals surface area contributed by atoms with Gasteiger partial charge < -0.3 is 0 Å². The Hall–Kier alpha value is -1.38. The van der Waals surface area contributed by atoms with Crippen LogP contribution in [0.3, 0.4) is 0 Å². The molecule has 1 aliphatic carbocycles. The molecule has 0 spiro atoms. The summed E-state index contributed by atoms with van der Waals surface area (Å²) in [7, 11) is 0. The molecule has 0 unspecified atom stereocenters. The van der Waals surface area contributed by atoms with E-state index in [1.54, 1.807) is 0 Å². The number of hydrogen-bond donors (Lipinski definition) is 0. The quantitative estimate of drug-likeness (QED) is 0.432. The highest BCUT2D eigenvalue weighted by Gasteiger charge is 2.42. The van der Waals surface area contributed by atoms with Crippen LogP contribution in [0.5, 0.6) is 0 Å². The second-order valence-electron chi connectivity index (χ2n) is 5.26. The van der Waals surface area contributed by atoms with Crippen molar-refractivity contribution in [2.45, 2.75) is 4.32 Å². The van der Waals surface area contributed by atoms with Gasteiger partial charge in [-0.2, -0.15) is 0 Å². The smallest absolute Gasteiger partial charge is 0.0695 e. The molecule has 0 N–H and O–H groups in total. The Balaban J connectivity index is 2.06. The van der Waals surface area contributed by atoms with E-state index >= 15 is 0 Å². The van der Waals surface area contributed by atoms with Crippen LogP contribution in [0.15, 0.2) is 77.3 Å². The maximum Gasteiger partial charge on any atom is 0.102 e. The van der Waals surface area contributed by atoms with E-state index in [0.29, 0.717) is 0 Å². The summed E-state index contributed by atoms with van der Waals surface area (Å²) in [6, 6.07) is 25.8. The van der Waals surface area contributed by atoms with Crippen molar-refractivity contribution in [3.63, 3.8) is 0 Å². The van der Waals surface area contributed by atoms with Gasteiger partial charge in [0.2, 0.25) is 0 Å². The molecule has 0 fully saturated rings. The molecular formula is C19H12Br2. The summed E-state index contributed by atoms with van der Waals surface area (Å²) in [5, 5.41) is 0. The summed E-state index contributed by atoms with van der Waals surface area (Å²) in [6.45, 7) is 0. The highest BCUT2D eigenvalue weighted by Crippen LogP contribution is 2.55. The first-order chi connectivity index (χ1) is 10.2. The lowest BCUT2D eigenvalue weighted by atomic mass is 9.89. The molecule has 1 aliphatic rings. The maximum absolute atomic E-state index is 4.06. The van der Waals surface area contributed by atoms with Gasteiger partial charge in [0, 0.05) is 4.47 Å². The molecule has 0 saturated carbocycles. The van der Waals surface area contributed by atoms with Crippen LogP contribution in [0.2, 0.25) is 0 Å². The molecule has 21 heavy (non-hydrogen) atoms. The Bertz CT molecular complexity index is 773. The molecule has 3 aromatic carbocycles. The minimum absolute atomic E-state index is 0.263. The number of halogens is 2. The second-order valence-corrected chi connectivity index (χ2v) is 7.36. The summed E-state index contributed by atoms with van der Waals surface area (Å²) in [4.78, 5) is 0. The van der Waals surface area contributed by atoms with Crippen LogP contribution < -0.4 is 0 Å². The van der Waals surface area contributed by atoms with Crippen molar-refractivity contribution in [3.05, 3.63) is 94.0 Å². The maximum atomic E-state index is 4.06. The van der Waals surface area contributed by atoms with Crippen molar-refractivity contribution in [1.29, 1.82) is 0 Å². The van der Waals surface area contributed by atoms with Crippen LogP contribution in [-0.2, 0) is 4.32 Å². The largest absolute Gasteiger partial charge is 0.102 e. The highest BCUT2D eigenvalue weighted by molar-refractivity contribution is 9.10. The van der Waals surface area contributed by atoms with Crippen LogP contribution in [-0.4, -0.2) is 0 Å². The lowest BCUT2D eigenvalue weighted by molar-refractivity contribution is 0.950. The SMILES string of the molecule is Brc1ccc(C2(Br)c3ccccc3-c3ccccc32)cc1. The van der Waals surface area contributed by atoms with E-state index in [1.807, 2.05) is 0 Å². The third kappa shape index (κ3) is 1.86. The second kappa shape index (κ2) is 4.82. The average Bonchev–Trinajstić information content (AvgIpc) is 2.80. The Morgan fingerprint density at radius 3 is 1.62 bits per heavy atom. The molecule has 0 heterocycles. The van der Waals surface area contributed by atoms with Crippen LogP contribution in [0.4, 0.5) is 0 Å². The van der Waals surface area contributed by atoms with Crippen molar-refractivity contribution in [3.8, 4) is 11.1 Å². The number of benzene rings is 3. The van der Waals surface area contributed by atoms with E-state index in [4.69, 9.17) is 0 Å². The lowest BCUT2D eigenvalue weighted by Gasteiger charge is -2.26. The Morgan fingerprint density at radius 1 is 0.619 bits per heavy atom. The van der Waals surface area contributed by atoms with Gasteiger partial charge in [-0.05, 0) is 39.9 Å². The zero-order chi connectivity index (χ0) is 14.4. The topological polar surface area (TPSA) is 0 Å². The Kier molecular flexibility index (Phi) is 3.05. The number of alkyl halides is 1. The first-order valence-electron chi connectivity index (χ1n) is 6.85. The molecule has 3 aromatic rings. The third-order valence-electron chi connectivity index (χ3n) is 4.13. The summed E-state index contributed by atoms with van der Waals surface area (Å²) >= 11 is 7.58. The van der Waals surface area contributed by atoms with Crippen LogP contribution in [0.1, 0.15) is 16.7 Å². The predicted molar refractivity (Wildman–Crippen MR) is 94.8 cm³/mol. The molecule has 0 aliphatic heterocycles. The van der Waals surface area contributed by atoms with Crippen molar-refractivity contribution in [2.75, 3.05) is 0 Å². The van der Waals surface area contributed by atoms with Crippen molar-refractivity contribution < 1.29 is 0 Å². The van der Waals surface area contributed by atoms with E-state index < -0.39 is 0 Å². The molecule has 0 aromatic heterocycles. The molecule has 0 bridgehead atoms. The number of fused-ring (bicyclic) bond motifs is 3. The fourth-order valence-corrected chi connectivity index (χ4v) is 4.39. The van der Waals surface area contributed by atoms with Gasteiger partial charge in [0.25, 0.3) is 0 Å². The monoisotopic (exact) mass is 398 g/mol. The standard InChI is InChI=1S/C19H12Br2/c20-14-11-9-13(10-12-14)19(21)17-7-3-1-5-15(17)16-6-2-4-8-18(16)19/h1-12H. The molecular weight excluding hydrogens is 388 g/mol. The minimum atomic E-state index is -0.263. The Morgan fingerprint density at radius 2 is 1.10 bits per heavy atom. The van der Waals surface area contributed by atoms with Gasteiger partial charge in [0.15, 0.2) is 0 Å². The van der Waals surface area contributed by atoms with Gasteiger partial charge in [-0.3, -0.25) is 0 Å². The van der Waals surface area contributed by atoms with Crippen LogP contribution >= 0.6 is 31.9 Å².